The number of hydrogen-bond donors (Lipinski definition) is 0. The van der Waals surface area contributed by atoms with Crippen LogP contribution in [0.4, 0.5) is 5.69 Å². The quantitative estimate of drug-likeness (QED) is 0.317. The summed E-state index contributed by atoms with van der Waals surface area (Å²) >= 11 is 0. The van der Waals surface area contributed by atoms with Crippen molar-refractivity contribution < 1.29 is 47.1 Å². The van der Waals surface area contributed by atoms with Crippen LogP contribution in [0.15, 0.2) is 6.20 Å². The van der Waals surface area contributed by atoms with Crippen molar-refractivity contribution in [2.45, 2.75) is 6.92 Å². The molecule has 0 aliphatic rings. The molecule has 0 radical (unpaired) electrons. The summed E-state index contributed by atoms with van der Waals surface area (Å²) in [4.78, 5) is 16.6. The fourth-order valence-corrected chi connectivity index (χ4v) is 0.438. The van der Waals surface area contributed by atoms with Crippen LogP contribution in [0.5, 0.6) is 0 Å². The topological polar surface area (TPSA) is 68.9 Å². The third kappa shape index (κ3) is 4.03. The minimum absolute atomic E-state index is 0. The predicted molar refractivity (Wildman–Crippen MR) is 32.3 cm³/mol. The van der Waals surface area contributed by atoms with Gasteiger partial charge in [0.25, 0.3) is 0 Å². The van der Waals surface area contributed by atoms with Crippen molar-refractivity contribution >= 4 is 5.69 Å². The number of aryl methyl sites for hydroxylation is 1. The van der Waals surface area contributed by atoms with Crippen LogP contribution >= 0.6 is 0 Å². The SMILES string of the molecule is Cc1n[c-]c([N+](=O)[O-])cn1.[W].[W]. The first-order chi connectivity index (χ1) is 4.70. The summed E-state index contributed by atoms with van der Waals surface area (Å²) in [5.41, 5.74) is -0.203. The monoisotopic (exact) mass is 506 g/mol. The molecular weight excluding hydrogens is 502 g/mol. The summed E-state index contributed by atoms with van der Waals surface area (Å²) in [5, 5.41) is 10.0. The van der Waals surface area contributed by atoms with E-state index < -0.39 is 4.92 Å². The number of rotatable bonds is 1. The molecule has 0 aliphatic heterocycles. The Labute approximate surface area is 97.7 Å². The van der Waals surface area contributed by atoms with Crippen molar-refractivity contribution in [1.29, 1.82) is 0 Å². The van der Waals surface area contributed by atoms with Crippen LogP contribution in [-0.2, 0) is 42.1 Å². The maximum atomic E-state index is 10.0. The van der Waals surface area contributed by atoms with Gasteiger partial charge in [-0.3, -0.25) is 10.1 Å². The maximum absolute atomic E-state index is 10.0. The van der Waals surface area contributed by atoms with Gasteiger partial charge in [0, 0.05) is 59.1 Å². The second-order valence-corrected chi connectivity index (χ2v) is 1.67. The van der Waals surface area contributed by atoms with Gasteiger partial charge in [-0.1, -0.05) is 6.92 Å². The van der Waals surface area contributed by atoms with E-state index in [-0.39, 0.29) is 47.8 Å². The van der Waals surface area contributed by atoms with Crippen molar-refractivity contribution in [1.82, 2.24) is 9.97 Å². The molecule has 0 spiro atoms. The minimum Gasteiger partial charge on any atom is -0.366 e. The van der Waals surface area contributed by atoms with Gasteiger partial charge in [-0.25, -0.2) is 0 Å². The average Bonchev–Trinajstić information content (AvgIpc) is 1.88. The van der Waals surface area contributed by atoms with Gasteiger partial charge in [0.05, 0.1) is 0 Å². The largest absolute Gasteiger partial charge is 0.366 e. The molecule has 5 nitrogen and oxygen atoms in total. The standard InChI is InChI=1S/C5H4N3O2.2W/c1-4-6-2-5(3-7-4)8(9)10;;/h2H,1H3;;/q-1;;. The summed E-state index contributed by atoms with van der Waals surface area (Å²) in [5.74, 6) is 0.477. The molecule has 0 bridgehead atoms. The van der Waals surface area contributed by atoms with Gasteiger partial charge in [0.2, 0.25) is 0 Å². The smallest absolute Gasteiger partial charge is 0.198 e. The molecule has 0 unspecified atom stereocenters. The second kappa shape index (κ2) is 6.38. The van der Waals surface area contributed by atoms with Gasteiger partial charge in [-0.15, -0.1) is 0 Å². The number of nitrogens with zero attached hydrogens (tertiary/aromatic N) is 3. The molecule has 1 aromatic rings. The Bertz CT molecular complexity index is 251. The first-order valence-electron chi connectivity index (χ1n) is 2.56. The van der Waals surface area contributed by atoms with E-state index in [1.165, 1.54) is 0 Å². The molecule has 1 aromatic heterocycles. The van der Waals surface area contributed by atoms with Gasteiger partial charge >= 0.3 is 0 Å². The third-order valence-corrected chi connectivity index (χ3v) is 0.903. The molecule has 64 valence electrons. The summed E-state index contributed by atoms with van der Waals surface area (Å²) < 4.78 is 0. The fraction of sp³-hybridized carbons (Fsp3) is 0.200. The van der Waals surface area contributed by atoms with Crippen LogP contribution in [0.1, 0.15) is 5.82 Å². The molecule has 12 heavy (non-hydrogen) atoms. The molecule has 0 aromatic carbocycles. The van der Waals surface area contributed by atoms with E-state index in [1.54, 1.807) is 6.92 Å². The van der Waals surface area contributed by atoms with Crippen molar-refractivity contribution in [2.24, 2.45) is 0 Å². The molecule has 1 rings (SSSR count). The number of aromatic nitrogens is 2. The zero-order valence-corrected chi connectivity index (χ0v) is 11.9. The first-order valence-corrected chi connectivity index (χ1v) is 2.56. The Hall–Kier alpha value is -0.143. The normalized spacial score (nSPS) is 7.75. The van der Waals surface area contributed by atoms with Gasteiger partial charge in [-0.05, 0) is 6.20 Å². The summed E-state index contributed by atoms with van der Waals surface area (Å²) in [6.45, 7) is 1.64. The van der Waals surface area contributed by atoms with Crippen molar-refractivity contribution in [3.8, 4) is 0 Å². The molecular formula is C5H4N3O2W2-. The van der Waals surface area contributed by atoms with Crippen molar-refractivity contribution in [3.05, 3.63) is 28.3 Å². The summed E-state index contributed by atoms with van der Waals surface area (Å²) in [7, 11) is 0. The number of nitro groups is 1. The molecule has 0 atom stereocenters. The van der Waals surface area contributed by atoms with Gasteiger partial charge in [-0.2, -0.15) is 0 Å². The number of hydrogen-bond acceptors (Lipinski definition) is 4. The van der Waals surface area contributed by atoms with Gasteiger partial charge in [0.1, 0.15) is 0 Å². The molecule has 0 N–H and O–H groups in total. The van der Waals surface area contributed by atoms with E-state index in [4.69, 9.17) is 0 Å². The van der Waals surface area contributed by atoms with E-state index >= 15 is 0 Å². The van der Waals surface area contributed by atoms with E-state index in [9.17, 15) is 10.1 Å². The van der Waals surface area contributed by atoms with Crippen LogP contribution in [-0.4, -0.2) is 14.9 Å². The zero-order valence-electron chi connectivity index (χ0n) is 6.05. The Morgan fingerprint density at radius 2 is 2.17 bits per heavy atom. The van der Waals surface area contributed by atoms with E-state index in [2.05, 4.69) is 16.2 Å². The predicted octanol–water partition coefficient (Wildman–Crippen LogP) is 0.488. The Balaban J connectivity index is 0. The van der Waals surface area contributed by atoms with Crippen LogP contribution < -0.4 is 0 Å². The van der Waals surface area contributed by atoms with E-state index in [0.29, 0.717) is 5.82 Å². The molecule has 0 aliphatic carbocycles. The molecule has 0 fully saturated rings. The third-order valence-electron chi connectivity index (χ3n) is 0.903. The average molecular weight is 506 g/mol. The maximum Gasteiger partial charge on any atom is 0.198 e. The molecule has 1 heterocycles. The van der Waals surface area contributed by atoms with Crippen molar-refractivity contribution in [2.75, 3.05) is 0 Å². The Morgan fingerprint density at radius 1 is 1.58 bits per heavy atom. The van der Waals surface area contributed by atoms with E-state index in [1.807, 2.05) is 0 Å². The zero-order chi connectivity index (χ0) is 7.56. The van der Waals surface area contributed by atoms with Crippen LogP contribution in [0.3, 0.4) is 0 Å². The molecule has 0 saturated carbocycles. The molecule has 7 heteroatoms. The van der Waals surface area contributed by atoms with Crippen LogP contribution in [0, 0.1) is 23.2 Å². The fourth-order valence-electron chi connectivity index (χ4n) is 0.438. The van der Waals surface area contributed by atoms with Gasteiger partial charge < -0.3 is 9.97 Å². The Kier molecular flexibility index (Phi) is 7.65. The van der Waals surface area contributed by atoms with E-state index in [0.717, 1.165) is 6.20 Å². The Morgan fingerprint density at radius 3 is 2.50 bits per heavy atom. The van der Waals surface area contributed by atoms with Gasteiger partial charge in [0.15, 0.2) is 5.69 Å². The van der Waals surface area contributed by atoms with Crippen LogP contribution in [0.25, 0.3) is 0 Å². The minimum atomic E-state index is -0.584. The van der Waals surface area contributed by atoms with Crippen molar-refractivity contribution in [3.63, 3.8) is 0 Å². The molecule has 0 amide bonds. The first kappa shape index (κ1) is 14.4. The summed E-state index contributed by atoms with van der Waals surface area (Å²) in [6, 6.07) is 0. The second-order valence-electron chi connectivity index (χ2n) is 1.67. The van der Waals surface area contributed by atoms with Crippen LogP contribution in [0.2, 0.25) is 0 Å². The summed E-state index contributed by atoms with van der Waals surface area (Å²) in [6.07, 6.45) is 3.35. The molecule has 0 saturated heterocycles.